The first-order valence-electron chi connectivity index (χ1n) is 9.80. The van der Waals surface area contributed by atoms with Gasteiger partial charge in [-0.25, -0.2) is 9.97 Å². The molecule has 3 aromatic rings. The molecule has 2 heterocycles. The molecule has 0 aliphatic carbocycles. The molecule has 0 bridgehead atoms. The summed E-state index contributed by atoms with van der Waals surface area (Å²) in [5, 5.41) is 6.82. The Bertz CT molecular complexity index is 907. The summed E-state index contributed by atoms with van der Waals surface area (Å²) in [6.45, 7) is 4.56. The van der Waals surface area contributed by atoms with Gasteiger partial charge in [-0.05, 0) is 32.9 Å². The van der Waals surface area contributed by atoms with E-state index < -0.39 is 0 Å². The lowest BCUT2D eigenvalue weighted by molar-refractivity contribution is 0.342. The molecule has 1 aromatic heterocycles. The van der Waals surface area contributed by atoms with Gasteiger partial charge < -0.3 is 15.4 Å². The van der Waals surface area contributed by atoms with Crippen molar-refractivity contribution in [3.05, 3.63) is 66.5 Å². The summed E-state index contributed by atoms with van der Waals surface area (Å²) in [7, 11) is 0. The highest BCUT2D eigenvalue weighted by Gasteiger charge is 2.20. The zero-order chi connectivity index (χ0) is 19.2. The molecule has 1 fully saturated rings. The Labute approximate surface area is 166 Å². The van der Waals surface area contributed by atoms with Gasteiger partial charge in [-0.3, -0.25) is 0 Å². The van der Waals surface area contributed by atoms with E-state index in [1.165, 1.54) is 0 Å². The first-order valence-corrected chi connectivity index (χ1v) is 9.80. The van der Waals surface area contributed by atoms with Crippen molar-refractivity contribution in [1.82, 2.24) is 15.3 Å². The molecule has 0 radical (unpaired) electrons. The van der Waals surface area contributed by atoms with Crippen LogP contribution in [0.25, 0.3) is 11.3 Å². The van der Waals surface area contributed by atoms with E-state index in [-0.39, 0.29) is 0 Å². The van der Waals surface area contributed by atoms with Crippen LogP contribution in [0.2, 0.25) is 0 Å². The molecule has 2 N–H and O–H groups in total. The number of benzene rings is 1. The molecule has 0 spiro atoms. The predicted molar refractivity (Wildman–Crippen MR) is 111 cm³/mol. The number of aromatic nitrogens is 2. The molecule has 5 heteroatoms. The van der Waals surface area contributed by atoms with Crippen LogP contribution in [0.15, 0.2) is 48.5 Å². The minimum atomic E-state index is 0.368. The van der Waals surface area contributed by atoms with Crippen molar-refractivity contribution in [2.24, 2.45) is 0 Å². The first-order chi connectivity index (χ1) is 13.8. The molecule has 1 aliphatic rings. The standard InChI is InChI=1S/C23H24N4O/c1-2-28-21-11-7-6-10-19(21)25-22-16-20(17-8-4-3-5-9-17)26-23(27-22)18-12-14-24-15-13-18/h3-5,8-11,16,18,24H,2,12-15H2,1H3,(H,25,26,27). The Morgan fingerprint density at radius 2 is 1.89 bits per heavy atom. The van der Waals surface area contributed by atoms with Gasteiger partial charge in [0.1, 0.15) is 11.6 Å². The molecule has 1 saturated heterocycles. The van der Waals surface area contributed by atoms with E-state index in [1.54, 1.807) is 6.07 Å². The van der Waals surface area contributed by atoms with Crippen molar-refractivity contribution < 1.29 is 4.74 Å². The zero-order valence-electron chi connectivity index (χ0n) is 16.0. The van der Waals surface area contributed by atoms with Crippen LogP contribution in [0, 0.1) is 12.1 Å². The van der Waals surface area contributed by atoms with Gasteiger partial charge in [-0.2, -0.15) is 0 Å². The monoisotopic (exact) mass is 372 g/mol. The molecule has 5 nitrogen and oxygen atoms in total. The summed E-state index contributed by atoms with van der Waals surface area (Å²) < 4.78 is 5.71. The van der Waals surface area contributed by atoms with Crippen molar-refractivity contribution in [2.75, 3.05) is 25.0 Å². The van der Waals surface area contributed by atoms with E-state index in [2.05, 4.69) is 34.9 Å². The minimum absolute atomic E-state index is 0.368. The highest BCUT2D eigenvalue weighted by atomic mass is 16.5. The van der Waals surface area contributed by atoms with Crippen molar-refractivity contribution in [3.63, 3.8) is 0 Å². The van der Waals surface area contributed by atoms with Gasteiger partial charge in [0.15, 0.2) is 5.75 Å². The van der Waals surface area contributed by atoms with Crippen LogP contribution in [0.3, 0.4) is 0 Å². The van der Waals surface area contributed by atoms with Gasteiger partial charge in [0.2, 0.25) is 0 Å². The van der Waals surface area contributed by atoms with E-state index in [9.17, 15) is 0 Å². The molecule has 0 unspecified atom stereocenters. The Kier molecular flexibility index (Phi) is 5.69. The number of ether oxygens (including phenoxy) is 1. The van der Waals surface area contributed by atoms with Crippen molar-refractivity contribution in [3.8, 4) is 17.0 Å². The maximum Gasteiger partial charge on any atom is 0.151 e. The number of nitrogens with zero attached hydrogens (tertiary/aromatic N) is 2. The van der Waals surface area contributed by atoms with Crippen LogP contribution >= 0.6 is 0 Å². The average Bonchev–Trinajstić information content (AvgIpc) is 2.76. The molecule has 28 heavy (non-hydrogen) atoms. The summed E-state index contributed by atoms with van der Waals surface area (Å²) >= 11 is 0. The second kappa shape index (κ2) is 8.73. The lowest BCUT2D eigenvalue weighted by Gasteiger charge is -2.22. The molecular weight excluding hydrogens is 348 g/mol. The maximum absolute atomic E-state index is 5.71. The predicted octanol–water partition coefficient (Wildman–Crippen LogP) is 4.35. The third-order valence-electron chi connectivity index (χ3n) is 4.85. The molecular formula is C23H24N4O. The quantitative estimate of drug-likeness (QED) is 0.673. The second-order valence-corrected chi connectivity index (χ2v) is 6.80. The van der Waals surface area contributed by atoms with Crippen LogP contribution in [-0.4, -0.2) is 29.7 Å². The SMILES string of the molecule is CCOc1cc#ccc1Nc1cc(-c2ccccc2)nc(C2CCNCC2)n1. The van der Waals surface area contributed by atoms with E-state index in [0.717, 1.165) is 60.3 Å². The zero-order valence-corrected chi connectivity index (χ0v) is 16.0. The smallest absolute Gasteiger partial charge is 0.151 e. The summed E-state index contributed by atoms with van der Waals surface area (Å²) in [4.78, 5) is 9.75. The van der Waals surface area contributed by atoms with E-state index in [1.807, 2.05) is 37.3 Å². The molecule has 0 amide bonds. The first kappa shape index (κ1) is 18.3. The fraction of sp³-hybridized carbons (Fsp3) is 0.304. The normalized spacial score (nSPS) is 14.3. The highest BCUT2D eigenvalue weighted by Crippen LogP contribution is 2.30. The van der Waals surface area contributed by atoms with Gasteiger partial charge in [0, 0.05) is 29.7 Å². The molecule has 142 valence electrons. The number of hydrogen-bond acceptors (Lipinski definition) is 5. The molecule has 0 atom stereocenters. The van der Waals surface area contributed by atoms with Crippen molar-refractivity contribution in [2.45, 2.75) is 25.7 Å². The van der Waals surface area contributed by atoms with Crippen LogP contribution in [-0.2, 0) is 0 Å². The van der Waals surface area contributed by atoms with Crippen molar-refractivity contribution >= 4 is 11.5 Å². The van der Waals surface area contributed by atoms with Crippen LogP contribution in [0.1, 0.15) is 31.5 Å². The fourth-order valence-electron chi connectivity index (χ4n) is 3.43. The Balaban J connectivity index is 1.71. The Hall–Kier alpha value is -3.10. The van der Waals surface area contributed by atoms with Gasteiger partial charge in [-0.1, -0.05) is 42.5 Å². The summed E-state index contributed by atoms with van der Waals surface area (Å²) in [5.74, 6) is 2.77. The number of piperidine rings is 1. The van der Waals surface area contributed by atoms with Gasteiger partial charge in [-0.15, -0.1) is 0 Å². The molecule has 0 saturated carbocycles. The summed E-state index contributed by atoms with van der Waals surface area (Å²) in [6.07, 6.45) is 2.10. The van der Waals surface area contributed by atoms with E-state index >= 15 is 0 Å². The minimum Gasteiger partial charge on any atom is -0.491 e. The number of rotatable bonds is 6. The second-order valence-electron chi connectivity index (χ2n) is 6.80. The van der Waals surface area contributed by atoms with E-state index in [0.29, 0.717) is 12.5 Å². The number of anilines is 2. The van der Waals surface area contributed by atoms with Crippen LogP contribution in [0.5, 0.6) is 5.75 Å². The fourth-order valence-corrected chi connectivity index (χ4v) is 3.43. The average molecular weight is 372 g/mol. The maximum atomic E-state index is 5.71. The van der Waals surface area contributed by atoms with Gasteiger partial charge >= 0.3 is 0 Å². The van der Waals surface area contributed by atoms with Gasteiger partial charge in [0.25, 0.3) is 0 Å². The molecule has 4 rings (SSSR count). The van der Waals surface area contributed by atoms with Crippen molar-refractivity contribution in [1.29, 1.82) is 0 Å². The topological polar surface area (TPSA) is 59.1 Å². The summed E-state index contributed by atoms with van der Waals surface area (Å²) in [5.41, 5.74) is 2.84. The largest absolute Gasteiger partial charge is 0.491 e. The number of nitrogens with one attached hydrogen (secondary N) is 2. The van der Waals surface area contributed by atoms with E-state index in [4.69, 9.17) is 14.7 Å². The lowest BCUT2D eigenvalue weighted by Crippen LogP contribution is -2.27. The summed E-state index contributed by atoms with van der Waals surface area (Å²) in [6, 6.07) is 21.8. The third kappa shape index (κ3) is 4.24. The van der Waals surface area contributed by atoms with Crippen LogP contribution < -0.4 is 15.4 Å². The Morgan fingerprint density at radius 1 is 1.11 bits per heavy atom. The Morgan fingerprint density at radius 3 is 2.68 bits per heavy atom. The number of hydrogen-bond donors (Lipinski definition) is 2. The van der Waals surface area contributed by atoms with Crippen LogP contribution in [0.4, 0.5) is 11.5 Å². The highest BCUT2D eigenvalue weighted by molar-refractivity contribution is 5.68. The lowest BCUT2D eigenvalue weighted by atomic mass is 9.97. The van der Waals surface area contributed by atoms with Gasteiger partial charge in [0.05, 0.1) is 18.0 Å². The molecule has 2 aromatic carbocycles. The third-order valence-corrected chi connectivity index (χ3v) is 4.85. The molecule has 1 aliphatic heterocycles.